The van der Waals surface area contributed by atoms with Crippen molar-refractivity contribution in [2.75, 3.05) is 20.6 Å². The molecule has 1 amide bonds. The Labute approximate surface area is 118 Å². The van der Waals surface area contributed by atoms with E-state index in [1.54, 1.807) is 18.4 Å². The normalized spacial score (nSPS) is 12.2. The van der Waals surface area contributed by atoms with Crippen molar-refractivity contribution in [3.63, 3.8) is 0 Å². The summed E-state index contributed by atoms with van der Waals surface area (Å²) in [7, 11) is 3.86. The number of benzene rings is 1. The van der Waals surface area contributed by atoms with Crippen LogP contribution >= 0.6 is 0 Å². The molecule has 0 saturated heterocycles. The van der Waals surface area contributed by atoms with Crippen LogP contribution in [0.2, 0.25) is 0 Å². The SMILES string of the molecule is CN(C)C(CNC(=O)Oc1ccccc1)c1ccco1. The van der Waals surface area contributed by atoms with Gasteiger partial charge in [-0.25, -0.2) is 4.79 Å². The summed E-state index contributed by atoms with van der Waals surface area (Å²) in [6, 6.07) is 12.6. The molecule has 1 aromatic heterocycles. The van der Waals surface area contributed by atoms with Crippen molar-refractivity contribution >= 4 is 6.09 Å². The Kier molecular flexibility index (Phi) is 4.79. The Morgan fingerprint density at radius 3 is 2.60 bits per heavy atom. The van der Waals surface area contributed by atoms with E-state index in [9.17, 15) is 4.79 Å². The summed E-state index contributed by atoms with van der Waals surface area (Å²) in [5, 5.41) is 2.74. The van der Waals surface area contributed by atoms with E-state index in [1.165, 1.54) is 0 Å². The quantitative estimate of drug-likeness (QED) is 0.910. The predicted octanol–water partition coefficient (Wildman–Crippen LogP) is 2.67. The van der Waals surface area contributed by atoms with Crippen LogP contribution < -0.4 is 10.1 Å². The second-order valence-corrected chi connectivity index (χ2v) is 4.58. The molecule has 0 saturated carbocycles. The summed E-state index contributed by atoms with van der Waals surface area (Å²) in [4.78, 5) is 13.7. The number of carbonyl (C=O) groups is 1. The fraction of sp³-hybridized carbons (Fsp3) is 0.267. The van der Waals surface area contributed by atoms with Crippen LogP contribution in [0.25, 0.3) is 0 Å². The van der Waals surface area contributed by atoms with Crippen LogP contribution in [-0.2, 0) is 0 Å². The average Bonchev–Trinajstić information content (AvgIpc) is 2.93. The molecule has 2 rings (SSSR count). The van der Waals surface area contributed by atoms with Crippen LogP contribution in [0.1, 0.15) is 11.8 Å². The highest BCUT2D eigenvalue weighted by Gasteiger charge is 2.18. The lowest BCUT2D eigenvalue weighted by molar-refractivity contribution is 0.191. The summed E-state index contributed by atoms with van der Waals surface area (Å²) >= 11 is 0. The van der Waals surface area contributed by atoms with Gasteiger partial charge in [-0.1, -0.05) is 18.2 Å². The average molecular weight is 274 g/mol. The fourth-order valence-corrected chi connectivity index (χ4v) is 1.83. The second-order valence-electron chi connectivity index (χ2n) is 4.58. The lowest BCUT2D eigenvalue weighted by Crippen LogP contribution is -2.35. The molecule has 5 heteroatoms. The molecule has 0 bridgehead atoms. The highest BCUT2D eigenvalue weighted by atomic mass is 16.6. The van der Waals surface area contributed by atoms with E-state index in [0.717, 1.165) is 5.76 Å². The third kappa shape index (κ3) is 3.86. The van der Waals surface area contributed by atoms with Crippen molar-refractivity contribution < 1.29 is 13.9 Å². The number of hydrogen-bond donors (Lipinski definition) is 1. The highest BCUT2D eigenvalue weighted by molar-refractivity contribution is 5.70. The molecule has 0 aliphatic rings. The number of likely N-dealkylation sites (N-methyl/N-ethyl adjacent to an activating group) is 1. The summed E-state index contributed by atoms with van der Waals surface area (Å²) in [6.07, 6.45) is 1.14. The van der Waals surface area contributed by atoms with E-state index in [1.807, 2.05) is 49.3 Å². The Morgan fingerprint density at radius 1 is 1.25 bits per heavy atom. The molecule has 1 heterocycles. The monoisotopic (exact) mass is 274 g/mol. The van der Waals surface area contributed by atoms with Gasteiger partial charge in [-0.15, -0.1) is 0 Å². The van der Waals surface area contributed by atoms with Crippen LogP contribution in [0, 0.1) is 0 Å². The Hall–Kier alpha value is -2.27. The number of furan rings is 1. The number of para-hydroxylation sites is 1. The van der Waals surface area contributed by atoms with E-state index in [0.29, 0.717) is 12.3 Å². The summed E-state index contributed by atoms with van der Waals surface area (Å²) < 4.78 is 10.5. The van der Waals surface area contributed by atoms with Gasteiger partial charge in [-0.2, -0.15) is 0 Å². The minimum absolute atomic E-state index is 0.0340. The molecule has 2 aromatic rings. The molecule has 1 unspecified atom stereocenters. The summed E-state index contributed by atoms with van der Waals surface area (Å²) in [5.41, 5.74) is 0. The largest absolute Gasteiger partial charge is 0.468 e. The predicted molar refractivity (Wildman–Crippen MR) is 75.6 cm³/mol. The molecule has 106 valence electrons. The van der Waals surface area contributed by atoms with E-state index < -0.39 is 6.09 Å². The molecule has 1 atom stereocenters. The second kappa shape index (κ2) is 6.77. The summed E-state index contributed by atoms with van der Waals surface area (Å²) in [5.74, 6) is 1.32. The third-order valence-electron chi connectivity index (χ3n) is 2.89. The minimum Gasteiger partial charge on any atom is -0.468 e. The van der Waals surface area contributed by atoms with Crippen molar-refractivity contribution in [1.82, 2.24) is 10.2 Å². The van der Waals surface area contributed by atoms with Crippen molar-refractivity contribution in [2.24, 2.45) is 0 Å². The van der Waals surface area contributed by atoms with E-state index in [-0.39, 0.29) is 6.04 Å². The first-order valence-corrected chi connectivity index (χ1v) is 6.37. The van der Waals surface area contributed by atoms with Gasteiger partial charge in [0, 0.05) is 6.54 Å². The maximum Gasteiger partial charge on any atom is 0.412 e. The zero-order valence-corrected chi connectivity index (χ0v) is 11.6. The van der Waals surface area contributed by atoms with Gasteiger partial charge in [0.05, 0.1) is 12.3 Å². The van der Waals surface area contributed by atoms with Crippen molar-refractivity contribution in [2.45, 2.75) is 6.04 Å². The number of amides is 1. The fourth-order valence-electron chi connectivity index (χ4n) is 1.83. The van der Waals surface area contributed by atoms with Crippen molar-refractivity contribution in [1.29, 1.82) is 0 Å². The molecule has 1 aromatic carbocycles. The molecule has 0 radical (unpaired) electrons. The molecule has 0 aliphatic carbocycles. The zero-order valence-electron chi connectivity index (χ0n) is 11.6. The summed E-state index contributed by atoms with van der Waals surface area (Å²) in [6.45, 7) is 0.409. The van der Waals surface area contributed by atoms with Gasteiger partial charge in [0.25, 0.3) is 0 Å². The molecule has 5 nitrogen and oxygen atoms in total. The first-order valence-electron chi connectivity index (χ1n) is 6.37. The standard InChI is InChI=1S/C15H18N2O3/c1-17(2)13(14-9-6-10-19-14)11-16-15(18)20-12-7-4-3-5-8-12/h3-10,13H,11H2,1-2H3,(H,16,18). The molecule has 0 aliphatic heterocycles. The maximum atomic E-state index is 11.7. The van der Waals surface area contributed by atoms with Gasteiger partial charge in [-0.3, -0.25) is 4.90 Å². The van der Waals surface area contributed by atoms with Crippen LogP contribution in [0.5, 0.6) is 5.75 Å². The first-order chi connectivity index (χ1) is 9.66. The molecular weight excluding hydrogens is 256 g/mol. The maximum absolute atomic E-state index is 11.7. The lowest BCUT2D eigenvalue weighted by atomic mass is 10.2. The van der Waals surface area contributed by atoms with Crippen molar-refractivity contribution in [3.05, 3.63) is 54.5 Å². The van der Waals surface area contributed by atoms with Crippen molar-refractivity contribution in [3.8, 4) is 5.75 Å². The third-order valence-corrected chi connectivity index (χ3v) is 2.89. The molecule has 0 spiro atoms. The van der Waals surface area contributed by atoms with Gasteiger partial charge in [0.15, 0.2) is 0 Å². The number of ether oxygens (including phenoxy) is 1. The van der Waals surface area contributed by atoms with Gasteiger partial charge >= 0.3 is 6.09 Å². The topological polar surface area (TPSA) is 54.7 Å². The number of nitrogens with zero attached hydrogens (tertiary/aromatic N) is 1. The van der Waals surface area contributed by atoms with Gasteiger partial charge < -0.3 is 14.5 Å². The van der Waals surface area contributed by atoms with Gasteiger partial charge in [-0.05, 0) is 38.4 Å². The van der Waals surface area contributed by atoms with E-state index in [4.69, 9.17) is 9.15 Å². The van der Waals surface area contributed by atoms with E-state index in [2.05, 4.69) is 5.32 Å². The first kappa shape index (κ1) is 14.1. The number of nitrogens with one attached hydrogen (secondary N) is 1. The van der Waals surface area contributed by atoms with Crippen LogP contribution in [0.4, 0.5) is 4.79 Å². The lowest BCUT2D eigenvalue weighted by Gasteiger charge is -2.22. The zero-order chi connectivity index (χ0) is 14.4. The number of rotatable bonds is 5. The van der Waals surface area contributed by atoms with Crippen LogP contribution in [-0.4, -0.2) is 31.6 Å². The van der Waals surface area contributed by atoms with Gasteiger partial charge in [0.2, 0.25) is 0 Å². The van der Waals surface area contributed by atoms with Crippen LogP contribution in [0.3, 0.4) is 0 Å². The Bertz CT molecular complexity index is 523. The molecule has 20 heavy (non-hydrogen) atoms. The van der Waals surface area contributed by atoms with E-state index >= 15 is 0 Å². The molecule has 1 N–H and O–H groups in total. The highest BCUT2D eigenvalue weighted by Crippen LogP contribution is 2.17. The Balaban J connectivity index is 1.88. The molecular formula is C15H18N2O3. The minimum atomic E-state index is -0.477. The smallest absolute Gasteiger partial charge is 0.412 e. The molecule has 0 fully saturated rings. The van der Waals surface area contributed by atoms with Gasteiger partial charge in [0.1, 0.15) is 11.5 Å². The number of hydrogen-bond acceptors (Lipinski definition) is 4. The number of carbonyl (C=O) groups excluding carboxylic acids is 1. The Morgan fingerprint density at radius 2 is 2.00 bits per heavy atom. The van der Waals surface area contributed by atoms with Crippen LogP contribution in [0.15, 0.2) is 53.1 Å².